The van der Waals surface area contributed by atoms with Gasteiger partial charge in [0.2, 0.25) is 0 Å². The van der Waals surface area contributed by atoms with Gasteiger partial charge in [0.1, 0.15) is 42.9 Å². The zero-order chi connectivity index (χ0) is 42.9. The van der Waals surface area contributed by atoms with Gasteiger partial charge in [-0.25, -0.2) is 4.79 Å². The fraction of sp³-hybridized carbons (Fsp3) is 0.745. The van der Waals surface area contributed by atoms with Gasteiger partial charge in [-0.1, -0.05) is 31.7 Å². The summed E-state index contributed by atoms with van der Waals surface area (Å²) in [6.45, 7) is 10.9. The van der Waals surface area contributed by atoms with Gasteiger partial charge in [0.15, 0.2) is 5.79 Å². The number of halogens is 1. The highest BCUT2D eigenvalue weighted by Crippen LogP contribution is 2.54. The first-order valence-corrected chi connectivity index (χ1v) is 23.3. The van der Waals surface area contributed by atoms with Gasteiger partial charge in [-0.05, 0) is 86.3 Å². The normalized spacial score (nSPS) is 45.6. The molecule has 10 heterocycles. The molecule has 0 saturated carbocycles. The van der Waals surface area contributed by atoms with E-state index < -0.39 is 42.4 Å². The van der Waals surface area contributed by atoms with Gasteiger partial charge in [-0.3, -0.25) is 10.1 Å². The molecule has 1 spiro atoms. The number of hydrogen-bond donors (Lipinski definition) is 2. The smallest absolute Gasteiger partial charge is 0.411 e. The van der Waals surface area contributed by atoms with Gasteiger partial charge in [-0.2, -0.15) is 0 Å². The molecule has 0 aromatic heterocycles. The zero-order valence-corrected chi connectivity index (χ0v) is 36.5. The number of aliphatic hydroxyl groups excluding tert-OH is 1. The SMILES string of the molecule is C=C1C[C@@H]2CC[C@@]34C[C@H]5O[C@@H]6C(O[C@H]7CC[C@H](CC(=O)C[C@@H]8[C@@H](OC)[C@@H](C[C@H](O)COC(=O)Nc9ccc(Cl)cc9)O[C@H]8C[C@H]8O[C@@H](CC[C@@H]1O2)C[C@@H](C)C8=C)O[C@@H]7[C@@H]6O3)[C@H]5O4. The summed E-state index contributed by atoms with van der Waals surface area (Å²) in [5, 5.41) is 14.4. The number of benzene rings is 1. The Morgan fingerprint density at radius 2 is 1.58 bits per heavy atom. The molecule has 12 bridgehead atoms. The van der Waals surface area contributed by atoms with Crippen molar-refractivity contribution < 1.29 is 62.1 Å². The monoisotopic (exact) mass is 883 g/mol. The third-order valence-corrected chi connectivity index (χ3v) is 15.5. The number of carbonyl (C=O) groups is 2. The first kappa shape index (κ1) is 43.4. The molecule has 340 valence electrons. The van der Waals surface area contributed by atoms with Crippen LogP contribution in [0.3, 0.4) is 0 Å². The van der Waals surface area contributed by atoms with Crippen LogP contribution in [0.2, 0.25) is 5.02 Å². The van der Waals surface area contributed by atoms with Crippen LogP contribution in [0.1, 0.15) is 90.4 Å². The number of aliphatic hydroxyl groups is 1. The molecule has 10 aliphatic heterocycles. The predicted octanol–water partition coefficient (Wildman–Crippen LogP) is 6.38. The number of hydrogen-bond acceptors (Lipinski definition) is 13. The van der Waals surface area contributed by atoms with E-state index in [0.29, 0.717) is 36.4 Å². The highest BCUT2D eigenvalue weighted by Gasteiger charge is 2.68. The van der Waals surface area contributed by atoms with Crippen LogP contribution >= 0.6 is 11.6 Å². The van der Waals surface area contributed by atoms with Gasteiger partial charge in [0, 0.05) is 62.3 Å². The number of Topliss-reactive ketones (excluding diaryl/α,β-unsaturated/α-hetero) is 1. The van der Waals surface area contributed by atoms with E-state index in [1.807, 2.05) is 0 Å². The van der Waals surface area contributed by atoms with E-state index in [4.69, 9.17) is 59.0 Å². The highest BCUT2D eigenvalue weighted by atomic mass is 35.5. The number of methoxy groups -OCH3 is 1. The Bertz CT molecular complexity index is 1850. The van der Waals surface area contributed by atoms with Crippen molar-refractivity contribution in [2.24, 2.45) is 11.8 Å². The first-order valence-electron chi connectivity index (χ1n) is 23.0. The minimum atomic E-state index is -1.06. The van der Waals surface area contributed by atoms with Crippen LogP contribution in [0.25, 0.3) is 0 Å². The molecule has 1 unspecified atom stereocenters. The molecule has 14 nitrogen and oxygen atoms in total. The Morgan fingerprint density at radius 3 is 2.40 bits per heavy atom. The average Bonchev–Trinajstić information content (AvgIpc) is 3.92. The van der Waals surface area contributed by atoms with Crippen LogP contribution in [0.15, 0.2) is 48.6 Å². The van der Waals surface area contributed by atoms with Crippen LogP contribution in [0.5, 0.6) is 0 Å². The van der Waals surface area contributed by atoms with Crippen molar-refractivity contribution in [3.63, 3.8) is 0 Å². The Morgan fingerprint density at radius 1 is 0.839 bits per heavy atom. The van der Waals surface area contributed by atoms with Crippen molar-refractivity contribution >= 4 is 29.2 Å². The molecule has 11 rings (SSSR count). The fourth-order valence-electron chi connectivity index (χ4n) is 12.1. The standard InChI is InChI=1S/C47H62ClNO13/c1-23-15-30-9-11-34-24(2)16-32(55-34)13-14-47-21-39-42(61-47)43-44(60-39)45(62-47)41-35(59-43)12-10-31(57-41)17-28(50)18-33-37(20-36(56-30)25(23)3)58-38(40(33)53-4)19-29(51)22-54-46(52)49-27-7-5-26(48)6-8-27/h5-8,23,29-45,51H,2-3,9-22H2,1,4H3,(H,49,52)/t23-,29+,30+,31-,32+,33+,34+,35+,36-,37+,38-,39-,40-,41+,42+,43?,44-,45+,47+/m1/s1. The molecule has 19 atom stereocenters. The molecule has 62 heavy (non-hydrogen) atoms. The molecule has 10 fully saturated rings. The van der Waals surface area contributed by atoms with Gasteiger partial charge in [0.05, 0.1) is 67.1 Å². The zero-order valence-electron chi connectivity index (χ0n) is 35.7. The quantitative estimate of drug-likeness (QED) is 0.304. The maximum Gasteiger partial charge on any atom is 0.411 e. The van der Waals surface area contributed by atoms with Crippen molar-refractivity contribution in [1.29, 1.82) is 0 Å². The largest absolute Gasteiger partial charge is 0.447 e. The van der Waals surface area contributed by atoms with E-state index in [9.17, 15) is 14.7 Å². The number of carbonyl (C=O) groups excluding carboxylic acids is 2. The maximum atomic E-state index is 14.3. The highest BCUT2D eigenvalue weighted by molar-refractivity contribution is 6.30. The molecule has 10 aliphatic rings. The number of ketones is 1. The van der Waals surface area contributed by atoms with Crippen molar-refractivity contribution in [2.45, 2.75) is 194 Å². The second-order valence-electron chi connectivity index (χ2n) is 19.4. The summed E-state index contributed by atoms with van der Waals surface area (Å²) in [4.78, 5) is 26.9. The molecular weight excluding hydrogens is 822 g/mol. The predicted molar refractivity (Wildman–Crippen MR) is 224 cm³/mol. The molecule has 1 aromatic rings. The van der Waals surface area contributed by atoms with Gasteiger partial charge >= 0.3 is 6.09 Å². The average molecular weight is 884 g/mol. The van der Waals surface area contributed by atoms with Crippen LogP contribution in [-0.2, 0) is 52.2 Å². The molecule has 1 amide bonds. The number of amides is 1. The van der Waals surface area contributed by atoms with E-state index in [-0.39, 0.29) is 111 Å². The Balaban J connectivity index is 0.873. The lowest BCUT2D eigenvalue weighted by Gasteiger charge is -2.47. The van der Waals surface area contributed by atoms with Gasteiger partial charge in [-0.15, -0.1) is 0 Å². The Labute approximate surface area is 368 Å². The van der Waals surface area contributed by atoms with Crippen LogP contribution < -0.4 is 5.32 Å². The second kappa shape index (κ2) is 17.7. The van der Waals surface area contributed by atoms with Crippen molar-refractivity contribution in [3.05, 3.63) is 53.6 Å². The molecule has 2 N–H and O–H groups in total. The Hall–Kier alpha value is -2.47. The number of rotatable bonds is 6. The summed E-state index contributed by atoms with van der Waals surface area (Å²) in [6, 6.07) is 6.63. The Kier molecular flexibility index (Phi) is 12.4. The van der Waals surface area contributed by atoms with E-state index in [2.05, 4.69) is 25.4 Å². The van der Waals surface area contributed by atoms with Crippen LogP contribution in [-0.4, -0.2) is 134 Å². The minimum absolute atomic E-state index is 0.0160. The van der Waals surface area contributed by atoms with Gasteiger partial charge < -0.3 is 52.5 Å². The number of fused-ring (bicyclic) bond motifs is 6. The minimum Gasteiger partial charge on any atom is -0.447 e. The van der Waals surface area contributed by atoms with Crippen LogP contribution in [0.4, 0.5) is 10.5 Å². The molecule has 10 saturated heterocycles. The topological polar surface area (TPSA) is 159 Å². The van der Waals surface area contributed by atoms with Crippen molar-refractivity contribution in [2.75, 3.05) is 19.0 Å². The lowest BCUT2D eigenvalue weighted by molar-refractivity contribution is -0.292. The van der Waals surface area contributed by atoms with E-state index in [1.54, 1.807) is 31.4 Å². The van der Waals surface area contributed by atoms with E-state index in [0.717, 1.165) is 49.7 Å². The number of anilines is 1. The molecular formula is C47H62ClNO13. The number of nitrogens with one attached hydrogen (secondary N) is 1. The second-order valence-corrected chi connectivity index (χ2v) is 19.9. The third-order valence-electron chi connectivity index (χ3n) is 15.2. The summed E-state index contributed by atoms with van der Waals surface area (Å²) in [6.07, 6.45) is 2.05. The van der Waals surface area contributed by atoms with Crippen molar-refractivity contribution in [1.82, 2.24) is 0 Å². The molecule has 15 heteroatoms. The van der Waals surface area contributed by atoms with E-state index in [1.165, 1.54) is 0 Å². The summed E-state index contributed by atoms with van der Waals surface area (Å²) in [5.41, 5.74) is 2.63. The molecule has 0 aliphatic carbocycles. The third kappa shape index (κ3) is 8.68. The van der Waals surface area contributed by atoms with Crippen LogP contribution in [0, 0.1) is 11.8 Å². The summed E-state index contributed by atoms with van der Waals surface area (Å²) >= 11 is 5.97. The maximum absolute atomic E-state index is 14.3. The molecule has 0 radical (unpaired) electrons. The van der Waals surface area contributed by atoms with Crippen molar-refractivity contribution in [3.8, 4) is 0 Å². The lowest BCUT2D eigenvalue weighted by atomic mass is 9.81. The number of ether oxygens (including phenoxy) is 10. The summed E-state index contributed by atoms with van der Waals surface area (Å²) in [7, 11) is 1.61. The fourth-order valence-corrected chi connectivity index (χ4v) is 12.2. The summed E-state index contributed by atoms with van der Waals surface area (Å²) in [5.74, 6) is -0.897. The summed E-state index contributed by atoms with van der Waals surface area (Å²) < 4.78 is 65.8. The lowest BCUT2D eigenvalue weighted by Crippen LogP contribution is -2.61. The molecule has 1 aromatic carbocycles. The first-order chi connectivity index (χ1) is 29.9. The van der Waals surface area contributed by atoms with Gasteiger partial charge in [0.25, 0.3) is 0 Å². The van der Waals surface area contributed by atoms with E-state index >= 15 is 0 Å².